The summed E-state index contributed by atoms with van der Waals surface area (Å²) in [4.78, 5) is 23.8. The Morgan fingerprint density at radius 2 is 2.11 bits per heavy atom. The van der Waals surface area contributed by atoms with Crippen molar-refractivity contribution in [1.82, 2.24) is 0 Å². The van der Waals surface area contributed by atoms with E-state index in [9.17, 15) is 14.0 Å². The molecule has 0 bridgehead atoms. The monoisotopic (exact) mass is 378 g/mol. The predicted octanol–water partition coefficient (Wildman–Crippen LogP) is 2.71. The number of benzene rings is 1. The van der Waals surface area contributed by atoms with Crippen molar-refractivity contribution >= 4 is 34.3 Å². The summed E-state index contributed by atoms with van der Waals surface area (Å²) >= 11 is 1.95. The van der Waals surface area contributed by atoms with E-state index in [0.29, 0.717) is 3.57 Å². The van der Waals surface area contributed by atoms with Gasteiger partial charge in [-0.1, -0.05) is 0 Å². The fourth-order valence-electron chi connectivity index (χ4n) is 1.34. The van der Waals surface area contributed by atoms with Crippen LogP contribution in [0.3, 0.4) is 0 Å². The third-order valence-corrected chi connectivity index (χ3v) is 2.82. The lowest BCUT2D eigenvalue weighted by Crippen LogP contribution is -2.17. The number of carbonyl (C=O) groups is 2. The van der Waals surface area contributed by atoms with E-state index in [1.807, 2.05) is 22.6 Å². The molecule has 0 aliphatic heterocycles. The zero-order chi connectivity index (χ0) is 14.4. The summed E-state index contributed by atoms with van der Waals surface area (Å²) in [5.41, 5.74) is -0.534. The van der Waals surface area contributed by atoms with Crippen LogP contribution in [-0.4, -0.2) is 25.5 Å². The first kappa shape index (κ1) is 15.6. The van der Waals surface area contributed by atoms with Gasteiger partial charge in [0.15, 0.2) is 0 Å². The van der Waals surface area contributed by atoms with E-state index in [0.717, 1.165) is 6.26 Å². The minimum atomic E-state index is -0.840. The summed E-state index contributed by atoms with van der Waals surface area (Å²) in [5, 5.41) is 0. The third kappa shape index (κ3) is 4.02. The SMILES string of the molecule is CCOC(=O)C(=COC)C(=O)c1cc(I)ccc1F. The van der Waals surface area contributed by atoms with Crippen molar-refractivity contribution in [3.8, 4) is 0 Å². The summed E-state index contributed by atoms with van der Waals surface area (Å²) in [6.07, 6.45) is 0.958. The number of hydrogen-bond acceptors (Lipinski definition) is 4. The van der Waals surface area contributed by atoms with E-state index in [1.165, 1.54) is 25.3 Å². The molecule has 0 radical (unpaired) electrons. The molecule has 0 aromatic heterocycles. The minimum Gasteiger partial charge on any atom is -0.503 e. The van der Waals surface area contributed by atoms with E-state index >= 15 is 0 Å². The average Bonchev–Trinajstić information content (AvgIpc) is 2.38. The number of carbonyl (C=O) groups excluding carboxylic acids is 2. The van der Waals surface area contributed by atoms with E-state index in [-0.39, 0.29) is 17.7 Å². The molecule has 0 N–H and O–H groups in total. The van der Waals surface area contributed by atoms with Crippen LogP contribution in [0, 0.1) is 9.39 Å². The molecule has 0 unspecified atom stereocenters. The number of hydrogen-bond donors (Lipinski definition) is 0. The van der Waals surface area contributed by atoms with Crippen LogP contribution in [0.2, 0.25) is 0 Å². The standard InChI is InChI=1S/C13H12FIO4/c1-3-19-13(17)10(7-18-2)12(16)9-6-8(15)4-5-11(9)14/h4-7H,3H2,1-2H3. The zero-order valence-electron chi connectivity index (χ0n) is 10.4. The second kappa shape index (κ2) is 7.22. The highest BCUT2D eigenvalue weighted by Crippen LogP contribution is 2.17. The molecule has 0 amide bonds. The van der Waals surface area contributed by atoms with Gasteiger partial charge in [0.1, 0.15) is 17.7 Å². The van der Waals surface area contributed by atoms with Gasteiger partial charge < -0.3 is 9.47 Å². The Bertz CT molecular complexity index is 525. The first-order valence-corrected chi connectivity index (χ1v) is 6.49. The molecular formula is C13H12FIO4. The number of Topliss-reactive ketones (excluding diaryl/α,β-unsaturated/α-hetero) is 1. The minimum absolute atomic E-state index is 0.113. The van der Waals surface area contributed by atoms with Crippen LogP contribution in [0.25, 0.3) is 0 Å². The fourth-order valence-corrected chi connectivity index (χ4v) is 1.83. The van der Waals surface area contributed by atoms with Crippen molar-refractivity contribution in [2.75, 3.05) is 13.7 Å². The van der Waals surface area contributed by atoms with Crippen LogP contribution in [0.1, 0.15) is 17.3 Å². The van der Waals surface area contributed by atoms with Crippen LogP contribution in [0.15, 0.2) is 30.0 Å². The zero-order valence-corrected chi connectivity index (χ0v) is 12.6. The highest BCUT2D eigenvalue weighted by atomic mass is 127. The summed E-state index contributed by atoms with van der Waals surface area (Å²) in [5.74, 6) is -2.30. The van der Waals surface area contributed by atoms with Crippen LogP contribution < -0.4 is 0 Å². The molecule has 6 heteroatoms. The molecule has 0 aliphatic carbocycles. The van der Waals surface area contributed by atoms with Gasteiger partial charge in [-0.3, -0.25) is 4.79 Å². The van der Waals surface area contributed by atoms with Gasteiger partial charge in [-0.2, -0.15) is 0 Å². The van der Waals surface area contributed by atoms with E-state index in [2.05, 4.69) is 4.74 Å². The molecule has 1 aromatic rings. The van der Waals surface area contributed by atoms with Gasteiger partial charge >= 0.3 is 5.97 Å². The molecule has 0 saturated carbocycles. The van der Waals surface area contributed by atoms with Gasteiger partial charge in [0.05, 0.1) is 19.3 Å². The Labute approximate surface area is 123 Å². The predicted molar refractivity (Wildman–Crippen MR) is 75.2 cm³/mol. The number of halogens is 2. The molecule has 0 fully saturated rings. The quantitative estimate of drug-likeness (QED) is 0.150. The van der Waals surface area contributed by atoms with Crippen molar-refractivity contribution in [1.29, 1.82) is 0 Å². The molecule has 19 heavy (non-hydrogen) atoms. The summed E-state index contributed by atoms with van der Waals surface area (Å²) in [6, 6.07) is 4.06. The Kier molecular flexibility index (Phi) is 5.94. The van der Waals surface area contributed by atoms with Gasteiger partial charge in [-0.15, -0.1) is 0 Å². The Hall–Kier alpha value is -1.44. The lowest BCUT2D eigenvalue weighted by molar-refractivity contribution is -0.138. The summed E-state index contributed by atoms with van der Waals surface area (Å²) < 4.78 is 23.7. The maximum Gasteiger partial charge on any atom is 0.345 e. The Morgan fingerprint density at radius 1 is 1.42 bits per heavy atom. The number of esters is 1. The molecule has 0 atom stereocenters. The van der Waals surface area contributed by atoms with Gasteiger partial charge in [0, 0.05) is 3.57 Å². The lowest BCUT2D eigenvalue weighted by Gasteiger charge is -2.07. The molecule has 0 spiro atoms. The molecule has 1 aromatic carbocycles. The summed E-state index contributed by atoms with van der Waals surface area (Å²) in [6.45, 7) is 1.72. The Morgan fingerprint density at radius 3 is 2.68 bits per heavy atom. The van der Waals surface area contributed by atoms with Crippen molar-refractivity contribution in [3.05, 3.63) is 45.0 Å². The van der Waals surface area contributed by atoms with E-state index < -0.39 is 17.6 Å². The molecule has 102 valence electrons. The van der Waals surface area contributed by atoms with Crippen LogP contribution in [0.4, 0.5) is 4.39 Å². The smallest absolute Gasteiger partial charge is 0.345 e. The second-order valence-corrected chi connectivity index (χ2v) is 4.69. The van der Waals surface area contributed by atoms with Crippen LogP contribution in [-0.2, 0) is 14.3 Å². The van der Waals surface area contributed by atoms with Crippen molar-refractivity contribution < 1.29 is 23.5 Å². The molecule has 1 rings (SSSR count). The first-order valence-electron chi connectivity index (χ1n) is 5.41. The number of ketones is 1. The maximum absolute atomic E-state index is 13.6. The van der Waals surface area contributed by atoms with Gasteiger partial charge in [-0.05, 0) is 47.7 Å². The number of rotatable bonds is 5. The molecule has 0 heterocycles. The maximum atomic E-state index is 13.6. The third-order valence-electron chi connectivity index (χ3n) is 2.15. The van der Waals surface area contributed by atoms with Gasteiger partial charge in [-0.25, -0.2) is 9.18 Å². The Balaban J connectivity index is 3.17. The topological polar surface area (TPSA) is 52.6 Å². The molecule has 0 aliphatic rings. The number of ether oxygens (including phenoxy) is 2. The van der Waals surface area contributed by atoms with Gasteiger partial charge in [0.25, 0.3) is 0 Å². The molecule has 0 saturated heterocycles. The van der Waals surface area contributed by atoms with E-state index in [1.54, 1.807) is 6.92 Å². The normalized spacial score (nSPS) is 11.1. The van der Waals surface area contributed by atoms with Crippen LogP contribution in [0.5, 0.6) is 0 Å². The highest BCUT2D eigenvalue weighted by molar-refractivity contribution is 14.1. The first-order chi connectivity index (χ1) is 9.01. The highest BCUT2D eigenvalue weighted by Gasteiger charge is 2.24. The largest absolute Gasteiger partial charge is 0.503 e. The van der Waals surface area contributed by atoms with Crippen molar-refractivity contribution in [3.63, 3.8) is 0 Å². The van der Waals surface area contributed by atoms with Crippen LogP contribution >= 0.6 is 22.6 Å². The van der Waals surface area contributed by atoms with Crippen molar-refractivity contribution in [2.24, 2.45) is 0 Å². The average molecular weight is 378 g/mol. The second-order valence-electron chi connectivity index (χ2n) is 3.44. The number of methoxy groups -OCH3 is 1. The summed E-state index contributed by atoms with van der Waals surface area (Å²) in [7, 11) is 1.29. The van der Waals surface area contributed by atoms with Gasteiger partial charge in [0.2, 0.25) is 5.78 Å². The fraction of sp³-hybridized carbons (Fsp3) is 0.231. The van der Waals surface area contributed by atoms with Crippen molar-refractivity contribution in [2.45, 2.75) is 6.92 Å². The molecular weight excluding hydrogens is 366 g/mol. The molecule has 4 nitrogen and oxygen atoms in total. The lowest BCUT2D eigenvalue weighted by atomic mass is 10.0. The van der Waals surface area contributed by atoms with E-state index in [4.69, 9.17) is 4.74 Å².